The summed E-state index contributed by atoms with van der Waals surface area (Å²) in [4.78, 5) is 22.2. The van der Waals surface area contributed by atoms with Gasteiger partial charge in [-0.05, 0) is 30.7 Å². The molecular formula is C12H12Cl2N2O2. The molecule has 1 rings (SSSR count). The maximum Gasteiger partial charge on any atom is 0.244 e. The predicted molar refractivity (Wildman–Crippen MR) is 72.3 cm³/mol. The van der Waals surface area contributed by atoms with E-state index in [4.69, 9.17) is 28.9 Å². The van der Waals surface area contributed by atoms with Gasteiger partial charge in [-0.3, -0.25) is 9.59 Å². The summed E-state index contributed by atoms with van der Waals surface area (Å²) >= 11 is 11.6. The Morgan fingerprint density at radius 2 is 2.00 bits per heavy atom. The van der Waals surface area contributed by atoms with Crippen LogP contribution in [0.1, 0.15) is 12.5 Å². The molecule has 1 aromatic rings. The Balaban J connectivity index is 2.66. The van der Waals surface area contributed by atoms with Gasteiger partial charge in [-0.2, -0.15) is 0 Å². The first-order valence-corrected chi connectivity index (χ1v) is 5.88. The van der Waals surface area contributed by atoms with Crippen LogP contribution in [0.15, 0.2) is 24.3 Å². The van der Waals surface area contributed by atoms with Gasteiger partial charge in [0.2, 0.25) is 11.8 Å². The summed E-state index contributed by atoms with van der Waals surface area (Å²) in [6, 6.07) is 4.27. The highest BCUT2D eigenvalue weighted by Crippen LogP contribution is 2.22. The topological polar surface area (TPSA) is 72.2 Å². The molecule has 0 spiro atoms. The number of hydrogen-bond donors (Lipinski definition) is 2. The van der Waals surface area contributed by atoms with Gasteiger partial charge < -0.3 is 11.1 Å². The summed E-state index contributed by atoms with van der Waals surface area (Å²) in [5.74, 6) is -1.00. The van der Waals surface area contributed by atoms with Crippen LogP contribution in [0.5, 0.6) is 0 Å². The molecule has 18 heavy (non-hydrogen) atoms. The lowest BCUT2D eigenvalue weighted by atomic mass is 10.2. The Hall–Kier alpha value is -1.52. The molecule has 2 amide bonds. The molecule has 96 valence electrons. The minimum absolute atomic E-state index is 0.407. The van der Waals surface area contributed by atoms with Crippen molar-refractivity contribution in [2.75, 3.05) is 0 Å². The molecule has 6 heteroatoms. The van der Waals surface area contributed by atoms with Crippen LogP contribution in [-0.2, 0) is 9.59 Å². The number of amides is 2. The molecule has 0 fully saturated rings. The molecule has 0 heterocycles. The Labute approximate surface area is 115 Å². The van der Waals surface area contributed by atoms with Crippen LogP contribution in [0.25, 0.3) is 6.08 Å². The van der Waals surface area contributed by atoms with E-state index in [-0.39, 0.29) is 0 Å². The van der Waals surface area contributed by atoms with Crippen molar-refractivity contribution >= 4 is 41.1 Å². The standard InChI is InChI=1S/C12H12Cl2N2O2/c1-7(12(15)18)16-11(17)5-3-8-2-4-9(13)10(14)6-8/h2-7H,1H3,(H2,15,18)(H,16,17)/b5-3+. The van der Waals surface area contributed by atoms with Gasteiger partial charge in [0.15, 0.2) is 0 Å². The Morgan fingerprint density at radius 1 is 1.33 bits per heavy atom. The minimum Gasteiger partial charge on any atom is -0.368 e. The molecule has 4 nitrogen and oxygen atoms in total. The molecular weight excluding hydrogens is 275 g/mol. The van der Waals surface area contributed by atoms with Gasteiger partial charge in [0.05, 0.1) is 10.0 Å². The van der Waals surface area contributed by atoms with Gasteiger partial charge in [-0.25, -0.2) is 0 Å². The zero-order valence-corrected chi connectivity index (χ0v) is 11.1. The van der Waals surface area contributed by atoms with Crippen molar-refractivity contribution in [1.29, 1.82) is 0 Å². The van der Waals surface area contributed by atoms with Crippen LogP contribution in [0.4, 0.5) is 0 Å². The van der Waals surface area contributed by atoms with E-state index in [1.807, 2.05) is 0 Å². The van der Waals surface area contributed by atoms with Crippen molar-refractivity contribution in [3.05, 3.63) is 39.9 Å². The number of nitrogens with one attached hydrogen (secondary N) is 1. The van der Waals surface area contributed by atoms with Crippen molar-refractivity contribution in [3.8, 4) is 0 Å². The number of nitrogens with two attached hydrogens (primary N) is 1. The van der Waals surface area contributed by atoms with Crippen LogP contribution >= 0.6 is 23.2 Å². The van der Waals surface area contributed by atoms with E-state index in [1.165, 1.54) is 13.0 Å². The van der Waals surface area contributed by atoms with E-state index >= 15 is 0 Å². The molecule has 0 aromatic heterocycles. The Morgan fingerprint density at radius 3 is 2.56 bits per heavy atom. The van der Waals surface area contributed by atoms with Gasteiger partial charge in [0.1, 0.15) is 6.04 Å². The quantitative estimate of drug-likeness (QED) is 0.831. The molecule has 0 saturated heterocycles. The predicted octanol–water partition coefficient (Wildman–Crippen LogP) is 2.00. The first-order chi connectivity index (χ1) is 8.40. The molecule has 3 N–H and O–H groups in total. The number of carbonyl (C=O) groups excluding carboxylic acids is 2. The van der Waals surface area contributed by atoms with Crippen LogP contribution < -0.4 is 11.1 Å². The van der Waals surface area contributed by atoms with Crippen LogP contribution in [0.2, 0.25) is 10.0 Å². The molecule has 0 aliphatic carbocycles. The summed E-state index contributed by atoms with van der Waals surface area (Å²) in [6.07, 6.45) is 2.85. The number of benzene rings is 1. The molecule has 0 aliphatic heterocycles. The lowest BCUT2D eigenvalue weighted by molar-refractivity contribution is -0.124. The van der Waals surface area contributed by atoms with E-state index in [9.17, 15) is 9.59 Å². The molecule has 1 unspecified atom stereocenters. The fourth-order valence-corrected chi connectivity index (χ4v) is 1.43. The summed E-state index contributed by atoms with van der Waals surface area (Å²) in [5, 5.41) is 3.27. The number of halogens is 2. The van der Waals surface area contributed by atoms with Crippen LogP contribution in [-0.4, -0.2) is 17.9 Å². The van der Waals surface area contributed by atoms with Gasteiger partial charge in [-0.1, -0.05) is 29.3 Å². The number of hydrogen-bond acceptors (Lipinski definition) is 2. The molecule has 0 radical (unpaired) electrons. The van der Waals surface area contributed by atoms with Gasteiger partial charge >= 0.3 is 0 Å². The normalized spacial score (nSPS) is 12.4. The second kappa shape index (κ2) is 6.42. The monoisotopic (exact) mass is 286 g/mol. The van der Waals surface area contributed by atoms with E-state index in [2.05, 4.69) is 5.32 Å². The Kier molecular flexibility index (Phi) is 5.19. The molecule has 1 aromatic carbocycles. The summed E-state index contributed by atoms with van der Waals surface area (Å²) in [6.45, 7) is 1.51. The summed E-state index contributed by atoms with van der Waals surface area (Å²) in [5.41, 5.74) is 5.75. The third-order valence-electron chi connectivity index (χ3n) is 2.16. The van der Waals surface area contributed by atoms with Crippen molar-refractivity contribution in [2.24, 2.45) is 5.73 Å². The van der Waals surface area contributed by atoms with E-state index in [0.29, 0.717) is 10.0 Å². The van der Waals surface area contributed by atoms with Crippen molar-refractivity contribution < 1.29 is 9.59 Å². The SMILES string of the molecule is CC(NC(=O)/C=C/c1ccc(Cl)c(Cl)c1)C(N)=O. The summed E-state index contributed by atoms with van der Waals surface area (Å²) in [7, 11) is 0. The van der Waals surface area contributed by atoms with E-state index in [1.54, 1.807) is 24.3 Å². The van der Waals surface area contributed by atoms with Gasteiger partial charge in [0.25, 0.3) is 0 Å². The van der Waals surface area contributed by atoms with Crippen molar-refractivity contribution in [2.45, 2.75) is 13.0 Å². The highest BCUT2D eigenvalue weighted by molar-refractivity contribution is 6.42. The zero-order chi connectivity index (χ0) is 13.7. The average molecular weight is 287 g/mol. The molecule has 0 bridgehead atoms. The third-order valence-corrected chi connectivity index (χ3v) is 2.90. The molecule has 0 saturated carbocycles. The second-order valence-corrected chi connectivity index (χ2v) is 4.45. The van der Waals surface area contributed by atoms with Crippen molar-refractivity contribution in [3.63, 3.8) is 0 Å². The van der Waals surface area contributed by atoms with Gasteiger partial charge in [-0.15, -0.1) is 0 Å². The van der Waals surface area contributed by atoms with Crippen LogP contribution in [0, 0.1) is 0 Å². The first-order valence-electron chi connectivity index (χ1n) is 5.13. The van der Waals surface area contributed by atoms with Crippen molar-refractivity contribution in [1.82, 2.24) is 5.32 Å². The largest absolute Gasteiger partial charge is 0.368 e. The molecule has 0 aliphatic rings. The fraction of sp³-hybridized carbons (Fsp3) is 0.167. The summed E-state index contributed by atoms with van der Waals surface area (Å²) < 4.78 is 0. The number of carbonyl (C=O) groups is 2. The highest BCUT2D eigenvalue weighted by Gasteiger charge is 2.09. The second-order valence-electron chi connectivity index (χ2n) is 3.64. The average Bonchev–Trinajstić information content (AvgIpc) is 2.30. The molecule has 1 atom stereocenters. The zero-order valence-electron chi connectivity index (χ0n) is 9.61. The third kappa shape index (κ3) is 4.39. The number of primary amides is 1. The lowest BCUT2D eigenvalue weighted by Gasteiger charge is -2.07. The van der Waals surface area contributed by atoms with E-state index in [0.717, 1.165) is 5.56 Å². The first kappa shape index (κ1) is 14.5. The maximum absolute atomic E-state index is 11.4. The minimum atomic E-state index is -0.712. The lowest BCUT2D eigenvalue weighted by Crippen LogP contribution is -2.41. The Bertz CT molecular complexity index is 501. The fourth-order valence-electron chi connectivity index (χ4n) is 1.12. The van der Waals surface area contributed by atoms with Gasteiger partial charge in [0, 0.05) is 6.08 Å². The number of rotatable bonds is 4. The van der Waals surface area contributed by atoms with Crippen LogP contribution in [0.3, 0.4) is 0 Å². The smallest absolute Gasteiger partial charge is 0.244 e. The maximum atomic E-state index is 11.4. The van der Waals surface area contributed by atoms with E-state index < -0.39 is 17.9 Å². The highest BCUT2D eigenvalue weighted by atomic mass is 35.5.